The van der Waals surface area contributed by atoms with Crippen molar-refractivity contribution in [3.63, 3.8) is 0 Å². The fourth-order valence-electron chi connectivity index (χ4n) is 2.13. The molecule has 6 nitrogen and oxygen atoms in total. The van der Waals surface area contributed by atoms with Crippen LogP contribution >= 0.6 is 0 Å². The van der Waals surface area contributed by atoms with Crippen LogP contribution in [0.25, 0.3) is 0 Å². The molecular weight excluding hydrogens is 306 g/mol. The fourth-order valence-corrected chi connectivity index (χ4v) is 2.13. The van der Waals surface area contributed by atoms with E-state index in [4.69, 9.17) is 4.74 Å². The lowest BCUT2D eigenvalue weighted by Gasteiger charge is -2.12. The van der Waals surface area contributed by atoms with Gasteiger partial charge >= 0.3 is 6.03 Å². The molecule has 0 radical (unpaired) electrons. The first-order chi connectivity index (χ1) is 11.5. The van der Waals surface area contributed by atoms with E-state index in [1.807, 2.05) is 37.3 Å². The monoisotopic (exact) mass is 327 g/mol. The Morgan fingerprint density at radius 3 is 2.38 bits per heavy atom. The van der Waals surface area contributed by atoms with Crippen molar-refractivity contribution in [1.82, 2.24) is 5.32 Å². The average molecular weight is 327 g/mol. The van der Waals surface area contributed by atoms with Crippen molar-refractivity contribution in [3.05, 3.63) is 53.6 Å². The minimum atomic E-state index is -0.311. The van der Waals surface area contributed by atoms with E-state index in [0.29, 0.717) is 17.9 Å². The number of nitrogens with one attached hydrogen (secondary N) is 3. The molecule has 0 fully saturated rings. The Balaban J connectivity index is 1.94. The van der Waals surface area contributed by atoms with Gasteiger partial charge in [0.1, 0.15) is 5.75 Å². The van der Waals surface area contributed by atoms with Crippen LogP contribution < -0.4 is 20.7 Å². The van der Waals surface area contributed by atoms with Gasteiger partial charge in [-0.3, -0.25) is 4.79 Å². The second-order valence-electron chi connectivity index (χ2n) is 5.37. The van der Waals surface area contributed by atoms with Crippen molar-refractivity contribution < 1.29 is 14.3 Å². The molecule has 0 spiro atoms. The Hall–Kier alpha value is -3.02. The van der Waals surface area contributed by atoms with E-state index >= 15 is 0 Å². The zero-order chi connectivity index (χ0) is 17.5. The second-order valence-corrected chi connectivity index (χ2v) is 5.37. The minimum absolute atomic E-state index is 0.159. The summed E-state index contributed by atoms with van der Waals surface area (Å²) >= 11 is 0. The molecule has 0 saturated heterocycles. The third-order valence-electron chi connectivity index (χ3n) is 3.42. The molecule has 2 aromatic carbocycles. The number of carbonyl (C=O) groups excluding carboxylic acids is 2. The summed E-state index contributed by atoms with van der Waals surface area (Å²) in [5.74, 6) is 0.613. The Morgan fingerprint density at radius 1 is 1.04 bits per heavy atom. The predicted molar refractivity (Wildman–Crippen MR) is 94.3 cm³/mol. The zero-order valence-electron chi connectivity index (χ0n) is 14.0. The second kappa shape index (κ2) is 8.01. The van der Waals surface area contributed by atoms with Crippen LogP contribution in [0.2, 0.25) is 0 Å². The maximum absolute atomic E-state index is 12.1. The van der Waals surface area contributed by atoms with Gasteiger partial charge in [0.2, 0.25) is 5.91 Å². The summed E-state index contributed by atoms with van der Waals surface area (Å²) < 4.78 is 5.10. The van der Waals surface area contributed by atoms with Crippen LogP contribution in [0.3, 0.4) is 0 Å². The van der Waals surface area contributed by atoms with E-state index in [-0.39, 0.29) is 11.9 Å². The van der Waals surface area contributed by atoms with Gasteiger partial charge in [0, 0.05) is 24.8 Å². The first-order valence-corrected chi connectivity index (χ1v) is 7.54. The molecule has 0 atom stereocenters. The van der Waals surface area contributed by atoms with Gasteiger partial charge in [-0.05, 0) is 42.3 Å². The van der Waals surface area contributed by atoms with Gasteiger partial charge < -0.3 is 20.7 Å². The van der Waals surface area contributed by atoms with Crippen molar-refractivity contribution in [2.24, 2.45) is 0 Å². The van der Waals surface area contributed by atoms with Gasteiger partial charge in [-0.1, -0.05) is 18.2 Å². The average Bonchev–Trinajstić information content (AvgIpc) is 2.56. The highest BCUT2D eigenvalue weighted by Crippen LogP contribution is 2.20. The lowest BCUT2D eigenvalue weighted by molar-refractivity contribution is -0.114. The number of aryl methyl sites for hydroxylation is 1. The molecule has 0 heterocycles. The highest BCUT2D eigenvalue weighted by atomic mass is 16.5. The topological polar surface area (TPSA) is 79.5 Å². The molecule has 0 aromatic heterocycles. The van der Waals surface area contributed by atoms with Crippen molar-refractivity contribution in [2.45, 2.75) is 20.4 Å². The number of anilines is 2. The molecule has 126 valence electrons. The maximum atomic E-state index is 12.1. The number of benzene rings is 2. The van der Waals surface area contributed by atoms with E-state index < -0.39 is 0 Å². The van der Waals surface area contributed by atoms with E-state index in [1.165, 1.54) is 6.92 Å². The molecule has 0 aliphatic rings. The van der Waals surface area contributed by atoms with Gasteiger partial charge in [0.25, 0.3) is 0 Å². The van der Waals surface area contributed by atoms with Crippen LogP contribution in [0.5, 0.6) is 5.75 Å². The Labute approximate surface area is 141 Å². The molecule has 0 unspecified atom stereocenters. The van der Waals surface area contributed by atoms with Crippen LogP contribution in [0.15, 0.2) is 42.5 Å². The van der Waals surface area contributed by atoms with Gasteiger partial charge in [-0.2, -0.15) is 0 Å². The number of carbonyl (C=O) groups is 2. The molecule has 6 heteroatoms. The Kier molecular flexibility index (Phi) is 5.78. The summed E-state index contributed by atoms with van der Waals surface area (Å²) in [6.45, 7) is 3.73. The third kappa shape index (κ3) is 5.01. The van der Waals surface area contributed by atoms with Crippen LogP contribution in [0.1, 0.15) is 18.1 Å². The number of hydrogen-bond donors (Lipinski definition) is 3. The number of ether oxygens (including phenoxy) is 1. The quantitative estimate of drug-likeness (QED) is 0.788. The number of rotatable bonds is 5. The number of urea groups is 1. The highest BCUT2D eigenvalue weighted by Gasteiger charge is 2.06. The molecule has 0 saturated carbocycles. The van der Waals surface area contributed by atoms with E-state index in [2.05, 4.69) is 16.0 Å². The Bertz CT molecular complexity index is 727. The molecule has 3 N–H and O–H groups in total. The lowest BCUT2D eigenvalue weighted by atomic mass is 10.2. The largest absolute Gasteiger partial charge is 0.497 e. The zero-order valence-corrected chi connectivity index (χ0v) is 14.0. The summed E-state index contributed by atoms with van der Waals surface area (Å²) in [6.07, 6.45) is 0. The summed E-state index contributed by atoms with van der Waals surface area (Å²) in [5.41, 5.74) is 3.16. The number of hydrogen-bond acceptors (Lipinski definition) is 3. The van der Waals surface area contributed by atoms with E-state index in [9.17, 15) is 9.59 Å². The molecule has 0 aliphatic heterocycles. The van der Waals surface area contributed by atoms with Crippen LogP contribution in [0.4, 0.5) is 16.2 Å². The highest BCUT2D eigenvalue weighted by molar-refractivity contribution is 5.93. The maximum Gasteiger partial charge on any atom is 0.319 e. The van der Waals surface area contributed by atoms with Crippen LogP contribution in [-0.2, 0) is 11.3 Å². The SMILES string of the molecule is COc1ccc(CNC(=O)Nc2cc(NC(C)=O)ccc2C)cc1. The van der Waals surface area contributed by atoms with Crippen molar-refractivity contribution >= 4 is 23.3 Å². The fraction of sp³-hybridized carbons (Fsp3) is 0.222. The predicted octanol–water partition coefficient (Wildman–Crippen LogP) is 3.28. The number of amides is 3. The van der Waals surface area contributed by atoms with Crippen molar-refractivity contribution in [3.8, 4) is 5.75 Å². The normalized spacial score (nSPS) is 9.96. The van der Waals surface area contributed by atoms with Crippen molar-refractivity contribution in [2.75, 3.05) is 17.7 Å². The van der Waals surface area contributed by atoms with Gasteiger partial charge in [0.15, 0.2) is 0 Å². The molecule has 3 amide bonds. The van der Waals surface area contributed by atoms with Crippen LogP contribution in [-0.4, -0.2) is 19.0 Å². The first-order valence-electron chi connectivity index (χ1n) is 7.54. The lowest BCUT2D eigenvalue weighted by Crippen LogP contribution is -2.28. The smallest absolute Gasteiger partial charge is 0.319 e. The van der Waals surface area contributed by atoms with Gasteiger partial charge in [-0.25, -0.2) is 4.79 Å². The standard InChI is InChI=1S/C18H21N3O3/c1-12-4-7-15(20-13(2)22)10-17(12)21-18(23)19-11-14-5-8-16(24-3)9-6-14/h4-10H,11H2,1-3H3,(H,20,22)(H2,19,21,23). The number of methoxy groups -OCH3 is 1. The summed E-state index contributed by atoms with van der Waals surface area (Å²) in [7, 11) is 1.61. The molecule has 0 bridgehead atoms. The molecule has 2 rings (SSSR count). The van der Waals surface area contributed by atoms with Gasteiger partial charge in [-0.15, -0.1) is 0 Å². The molecular formula is C18H21N3O3. The first kappa shape index (κ1) is 17.3. The minimum Gasteiger partial charge on any atom is -0.497 e. The molecule has 24 heavy (non-hydrogen) atoms. The van der Waals surface area contributed by atoms with E-state index in [1.54, 1.807) is 19.2 Å². The Morgan fingerprint density at radius 2 is 1.75 bits per heavy atom. The van der Waals surface area contributed by atoms with Gasteiger partial charge in [0.05, 0.1) is 7.11 Å². The summed E-state index contributed by atoms with van der Waals surface area (Å²) in [4.78, 5) is 23.2. The van der Waals surface area contributed by atoms with E-state index in [0.717, 1.165) is 16.9 Å². The van der Waals surface area contributed by atoms with Crippen molar-refractivity contribution in [1.29, 1.82) is 0 Å². The van der Waals surface area contributed by atoms with Crippen LogP contribution in [0, 0.1) is 6.92 Å². The summed E-state index contributed by atoms with van der Waals surface area (Å²) in [5, 5.41) is 8.28. The third-order valence-corrected chi connectivity index (χ3v) is 3.42. The molecule has 0 aliphatic carbocycles. The summed E-state index contributed by atoms with van der Waals surface area (Å²) in [6, 6.07) is 12.5. The molecule has 2 aromatic rings.